The first-order chi connectivity index (χ1) is 13.1. The maximum atomic E-state index is 12.4. The molecule has 1 fully saturated rings. The van der Waals surface area contributed by atoms with Gasteiger partial charge in [0.1, 0.15) is 5.82 Å². The molecule has 1 saturated heterocycles. The van der Waals surface area contributed by atoms with Crippen LogP contribution in [0.2, 0.25) is 0 Å². The summed E-state index contributed by atoms with van der Waals surface area (Å²) in [6.07, 6.45) is 1.81. The third kappa shape index (κ3) is 3.69. The van der Waals surface area contributed by atoms with E-state index < -0.39 is 0 Å². The molecule has 4 rings (SSSR count). The van der Waals surface area contributed by atoms with E-state index in [0.717, 1.165) is 41.1 Å². The number of benzene rings is 2. The van der Waals surface area contributed by atoms with Crippen LogP contribution in [0.1, 0.15) is 37.2 Å². The van der Waals surface area contributed by atoms with Gasteiger partial charge < -0.3 is 15.2 Å². The second-order valence-electron chi connectivity index (χ2n) is 6.92. The predicted octanol–water partition coefficient (Wildman–Crippen LogP) is 3.11. The molecule has 27 heavy (non-hydrogen) atoms. The molecule has 1 unspecified atom stereocenters. The molecule has 6 heteroatoms. The molecule has 1 aromatic heterocycles. The van der Waals surface area contributed by atoms with Crippen LogP contribution in [0.3, 0.4) is 0 Å². The normalized spacial score (nSPS) is 15.3. The highest BCUT2D eigenvalue weighted by molar-refractivity contribution is 5.95. The molecule has 1 atom stereocenters. The fraction of sp³-hybridized carbons (Fsp3) is 0.286. The number of H-pyrrole nitrogens is 1. The first-order valence-corrected chi connectivity index (χ1v) is 9.23. The number of fused-ring (bicyclic) bond motifs is 1. The Morgan fingerprint density at radius 1 is 1.22 bits per heavy atom. The molecule has 3 aromatic rings. The smallest absolute Gasteiger partial charge is 0.227 e. The summed E-state index contributed by atoms with van der Waals surface area (Å²) in [5.41, 5.74) is 3.67. The molecule has 2 amide bonds. The first kappa shape index (κ1) is 17.3. The van der Waals surface area contributed by atoms with Gasteiger partial charge in [-0.05, 0) is 43.2 Å². The fourth-order valence-electron chi connectivity index (χ4n) is 3.44. The molecular weight excluding hydrogens is 340 g/mol. The third-order valence-electron chi connectivity index (χ3n) is 4.88. The van der Waals surface area contributed by atoms with Gasteiger partial charge in [-0.1, -0.05) is 24.3 Å². The zero-order valence-corrected chi connectivity index (χ0v) is 15.2. The summed E-state index contributed by atoms with van der Waals surface area (Å²) in [4.78, 5) is 33.8. The van der Waals surface area contributed by atoms with Crippen LogP contribution >= 0.6 is 0 Å². The molecule has 0 aliphatic carbocycles. The summed E-state index contributed by atoms with van der Waals surface area (Å²) < 4.78 is 0. The number of amides is 2. The molecular formula is C21H22N4O2. The molecule has 6 nitrogen and oxygen atoms in total. The number of para-hydroxylation sites is 2. The Balaban J connectivity index is 1.37. The van der Waals surface area contributed by atoms with E-state index in [-0.39, 0.29) is 17.9 Å². The number of aromatic nitrogens is 2. The summed E-state index contributed by atoms with van der Waals surface area (Å²) >= 11 is 0. The van der Waals surface area contributed by atoms with Gasteiger partial charge in [-0.25, -0.2) is 4.98 Å². The second-order valence-corrected chi connectivity index (χ2v) is 6.92. The van der Waals surface area contributed by atoms with Gasteiger partial charge in [0.2, 0.25) is 11.8 Å². The topological polar surface area (TPSA) is 78.1 Å². The molecule has 2 N–H and O–H groups in total. The van der Waals surface area contributed by atoms with E-state index in [2.05, 4.69) is 15.3 Å². The minimum atomic E-state index is -0.202. The van der Waals surface area contributed by atoms with E-state index in [0.29, 0.717) is 12.8 Å². The average Bonchev–Trinajstić information content (AvgIpc) is 3.28. The molecule has 0 bridgehead atoms. The standard InChI is InChI=1S/C21H22N4O2/c1-14(21-23-17-5-2-3-6-18(17)24-21)22-19(26)13-15-8-10-16(11-9-15)25-12-4-7-20(25)27/h2-3,5-6,8-11,14H,4,7,12-13H2,1H3,(H,22,26)(H,23,24). The Labute approximate surface area is 157 Å². The number of carbonyl (C=O) groups is 2. The molecule has 138 valence electrons. The van der Waals surface area contributed by atoms with E-state index in [1.165, 1.54) is 0 Å². The summed E-state index contributed by atoms with van der Waals surface area (Å²) in [6, 6.07) is 15.2. The van der Waals surface area contributed by atoms with E-state index in [9.17, 15) is 9.59 Å². The molecule has 0 radical (unpaired) electrons. The Hall–Kier alpha value is -3.15. The van der Waals surface area contributed by atoms with Gasteiger partial charge in [-0.3, -0.25) is 9.59 Å². The van der Waals surface area contributed by atoms with Crippen molar-refractivity contribution in [1.82, 2.24) is 15.3 Å². The molecule has 0 saturated carbocycles. The number of carbonyl (C=O) groups excluding carboxylic acids is 2. The Morgan fingerprint density at radius 2 is 2.00 bits per heavy atom. The minimum absolute atomic E-state index is 0.0621. The Bertz CT molecular complexity index is 944. The van der Waals surface area contributed by atoms with Crippen LogP contribution in [0.5, 0.6) is 0 Å². The SMILES string of the molecule is CC(NC(=O)Cc1ccc(N2CCCC2=O)cc1)c1nc2ccccc2[nH]1. The van der Waals surface area contributed by atoms with Crippen molar-refractivity contribution in [3.8, 4) is 0 Å². The number of hydrogen-bond acceptors (Lipinski definition) is 3. The number of hydrogen-bond donors (Lipinski definition) is 2. The number of rotatable bonds is 5. The number of nitrogens with zero attached hydrogens (tertiary/aromatic N) is 2. The lowest BCUT2D eigenvalue weighted by atomic mass is 10.1. The highest BCUT2D eigenvalue weighted by Gasteiger charge is 2.21. The van der Waals surface area contributed by atoms with Crippen molar-refractivity contribution in [2.24, 2.45) is 0 Å². The van der Waals surface area contributed by atoms with E-state index >= 15 is 0 Å². The molecule has 2 heterocycles. The van der Waals surface area contributed by atoms with Gasteiger partial charge in [0.25, 0.3) is 0 Å². The van der Waals surface area contributed by atoms with E-state index in [4.69, 9.17) is 0 Å². The lowest BCUT2D eigenvalue weighted by Gasteiger charge is -2.16. The van der Waals surface area contributed by atoms with Gasteiger partial charge in [-0.15, -0.1) is 0 Å². The van der Waals surface area contributed by atoms with E-state index in [1.807, 2.05) is 55.5 Å². The van der Waals surface area contributed by atoms with Crippen molar-refractivity contribution < 1.29 is 9.59 Å². The lowest BCUT2D eigenvalue weighted by Crippen LogP contribution is -2.28. The van der Waals surface area contributed by atoms with Gasteiger partial charge in [0.05, 0.1) is 23.5 Å². The van der Waals surface area contributed by atoms with Gasteiger partial charge in [0, 0.05) is 18.7 Å². The van der Waals surface area contributed by atoms with Crippen LogP contribution in [0.25, 0.3) is 11.0 Å². The van der Waals surface area contributed by atoms with Crippen LogP contribution in [-0.4, -0.2) is 28.3 Å². The van der Waals surface area contributed by atoms with Gasteiger partial charge in [-0.2, -0.15) is 0 Å². The summed E-state index contributed by atoms with van der Waals surface area (Å²) in [5.74, 6) is 0.848. The highest BCUT2D eigenvalue weighted by Crippen LogP contribution is 2.22. The summed E-state index contributed by atoms with van der Waals surface area (Å²) in [5, 5.41) is 2.99. The van der Waals surface area contributed by atoms with Crippen LogP contribution < -0.4 is 10.2 Å². The quantitative estimate of drug-likeness (QED) is 0.732. The summed E-state index contributed by atoms with van der Waals surface area (Å²) in [7, 11) is 0. The lowest BCUT2D eigenvalue weighted by molar-refractivity contribution is -0.121. The fourth-order valence-corrected chi connectivity index (χ4v) is 3.44. The van der Waals surface area contributed by atoms with Crippen LogP contribution in [-0.2, 0) is 16.0 Å². The molecule has 1 aliphatic rings. The monoisotopic (exact) mass is 362 g/mol. The average molecular weight is 362 g/mol. The van der Waals surface area contributed by atoms with Crippen molar-refractivity contribution in [2.45, 2.75) is 32.2 Å². The van der Waals surface area contributed by atoms with Crippen LogP contribution in [0.4, 0.5) is 5.69 Å². The highest BCUT2D eigenvalue weighted by atomic mass is 16.2. The number of nitrogens with one attached hydrogen (secondary N) is 2. The Kier molecular flexibility index (Phi) is 4.62. The van der Waals surface area contributed by atoms with Crippen molar-refractivity contribution in [3.05, 3.63) is 59.9 Å². The zero-order valence-electron chi connectivity index (χ0n) is 15.2. The molecule has 1 aliphatic heterocycles. The minimum Gasteiger partial charge on any atom is -0.346 e. The molecule has 2 aromatic carbocycles. The van der Waals surface area contributed by atoms with Crippen molar-refractivity contribution in [1.29, 1.82) is 0 Å². The summed E-state index contributed by atoms with van der Waals surface area (Å²) in [6.45, 7) is 2.69. The number of anilines is 1. The number of imidazole rings is 1. The second kappa shape index (κ2) is 7.23. The van der Waals surface area contributed by atoms with Crippen molar-refractivity contribution in [2.75, 3.05) is 11.4 Å². The van der Waals surface area contributed by atoms with Crippen molar-refractivity contribution >= 4 is 28.5 Å². The largest absolute Gasteiger partial charge is 0.346 e. The van der Waals surface area contributed by atoms with Crippen LogP contribution in [0.15, 0.2) is 48.5 Å². The zero-order chi connectivity index (χ0) is 18.8. The van der Waals surface area contributed by atoms with Crippen molar-refractivity contribution in [3.63, 3.8) is 0 Å². The third-order valence-corrected chi connectivity index (χ3v) is 4.88. The van der Waals surface area contributed by atoms with Gasteiger partial charge in [0.15, 0.2) is 0 Å². The number of aromatic amines is 1. The maximum Gasteiger partial charge on any atom is 0.227 e. The van der Waals surface area contributed by atoms with Gasteiger partial charge >= 0.3 is 0 Å². The maximum absolute atomic E-state index is 12.4. The van der Waals surface area contributed by atoms with Crippen LogP contribution in [0, 0.1) is 0 Å². The molecule has 0 spiro atoms. The first-order valence-electron chi connectivity index (χ1n) is 9.23. The van der Waals surface area contributed by atoms with E-state index in [1.54, 1.807) is 4.90 Å². The Morgan fingerprint density at radius 3 is 2.70 bits per heavy atom. The predicted molar refractivity (Wildman–Crippen MR) is 104 cm³/mol.